The molecule has 0 fully saturated rings. The Morgan fingerprint density at radius 3 is 2.36 bits per heavy atom. The molecule has 2 aromatic rings. The number of benzene rings is 2. The molecule has 2 rings (SSSR count). The summed E-state index contributed by atoms with van der Waals surface area (Å²) in [5.41, 5.74) is 4.19. The molecule has 28 heavy (non-hydrogen) atoms. The molecule has 0 atom stereocenters. The summed E-state index contributed by atoms with van der Waals surface area (Å²) in [6.45, 7) is 3.35. The molecule has 0 saturated carbocycles. The number of aryl methyl sites for hydroxylation is 1. The first-order valence-corrected chi connectivity index (χ1v) is 8.97. The lowest BCUT2D eigenvalue weighted by atomic mass is 10.2. The summed E-state index contributed by atoms with van der Waals surface area (Å²) in [5.74, 6) is -2.18. The largest absolute Gasteiger partial charge is 0.329 e. The molecule has 0 aliphatic carbocycles. The topological polar surface area (TPSA) is 99.7 Å². The summed E-state index contributed by atoms with van der Waals surface area (Å²) < 4.78 is 0. The van der Waals surface area contributed by atoms with Crippen LogP contribution in [0.25, 0.3) is 0 Å². The smallest absolute Gasteiger partial charge is 0.324 e. The minimum atomic E-state index is -0.941. The first-order valence-electron chi connectivity index (χ1n) is 8.21. The monoisotopic (exact) mass is 420 g/mol. The van der Waals surface area contributed by atoms with Gasteiger partial charge in [-0.05, 0) is 43.7 Å². The van der Waals surface area contributed by atoms with E-state index in [4.69, 9.17) is 23.2 Å². The van der Waals surface area contributed by atoms with Gasteiger partial charge in [-0.1, -0.05) is 41.4 Å². The van der Waals surface area contributed by atoms with Crippen molar-refractivity contribution in [1.29, 1.82) is 0 Å². The molecule has 0 spiro atoms. The fourth-order valence-electron chi connectivity index (χ4n) is 2.15. The maximum atomic E-state index is 12.0. The van der Waals surface area contributed by atoms with Crippen LogP contribution in [0.15, 0.2) is 47.6 Å². The summed E-state index contributed by atoms with van der Waals surface area (Å²) in [6, 6.07) is 11.7. The summed E-state index contributed by atoms with van der Waals surface area (Å²) in [6.07, 6.45) is -0.0986. The molecule has 0 radical (unpaired) electrons. The highest BCUT2D eigenvalue weighted by Crippen LogP contribution is 2.25. The predicted molar refractivity (Wildman–Crippen MR) is 111 cm³/mol. The van der Waals surface area contributed by atoms with Gasteiger partial charge < -0.3 is 10.6 Å². The van der Waals surface area contributed by atoms with Crippen LogP contribution in [0.2, 0.25) is 10.0 Å². The highest BCUT2D eigenvalue weighted by molar-refractivity contribution is 6.39. The zero-order chi connectivity index (χ0) is 20.7. The molecule has 2 aromatic carbocycles. The van der Waals surface area contributed by atoms with E-state index in [1.54, 1.807) is 44.2 Å². The van der Waals surface area contributed by atoms with Gasteiger partial charge in [-0.2, -0.15) is 5.10 Å². The molecule has 0 unspecified atom stereocenters. The molecule has 0 aliphatic heterocycles. The number of carbonyl (C=O) groups excluding carboxylic acids is 3. The molecule has 146 valence electrons. The molecule has 7 nitrogen and oxygen atoms in total. The average molecular weight is 421 g/mol. The van der Waals surface area contributed by atoms with Gasteiger partial charge in [-0.15, -0.1) is 0 Å². The van der Waals surface area contributed by atoms with Crippen molar-refractivity contribution in [2.75, 3.05) is 10.6 Å². The summed E-state index contributed by atoms with van der Waals surface area (Å²) in [4.78, 5) is 35.8. The average Bonchev–Trinajstić information content (AvgIpc) is 2.63. The number of carbonyl (C=O) groups is 3. The Kier molecular flexibility index (Phi) is 7.54. The van der Waals surface area contributed by atoms with E-state index in [0.29, 0.717) is 27.1 Å². The Hall–Kier alpha value is -2.90. The van der Waals surface area contributed by atoms with Gasteiger partial charge in [0.15, 0.2) is 0 Å². The quantitative estimate of drug-likeness (QED) is 0.389. The second kappa shape index (κ2) is 9.87. The van der Waals surface area contributed by atoms with Crippen LogP contribution in [0, 0.1) is 6.92 Å². The van der Waals surface area contributed by atoms with Gasteiger partial charge in [0.25, 0.3) is 0 Å². The van der Waals surface area contributed by atoms with Gasteiger partial charge in [0.05, 0.1) is 17.1 Å². The van der Waals surface area contributed by atoms with E-state index in [1.165, 1.54) is 6.07 Å². The Bertz CT molecular complexity index is 945. The maximum absolute atomic E-state index is 12.0. The minimum absolute atomic E-state index is 0.0986. The van der Waals surface area contributed by atoms with Crippen molar-refractivity contribution >= 4 is 58.0 Å². The fourth-order valence-corrected chi connectivity index (χ4v) is 2.60. The van der Waals surface area contributed by atoms with E-state index in [2.05, 4.69) is 21.2 Å². The third kappa shape index (κ3) is 6.37. The third-order valence-electron chi connectivity index (χ3n) is 3.57. The Morgan fingerprint density at radius 2 is 1.68 bits per heavy atom. The number of rotatable bonds is 5. The standard InChI is InChI=1S/C19H18Cl2N4O3/c1-11-5-3-4-6-15(11)23-18(27)19(28)25-24-12(2)9-17(26)22-16-8-7-13(20)10-14(16)21/h3-8,10H,9H2,1-2H3,(H,22,26)(H,23,27)(H,25,28)/b24-12+. The molecule has 0 aliphatic rings. The summed E-state index contributed by atoms with van der Waals surface area (Å²) >= 11 is 11.8. The minimum Gasteiger partial charge on any atom is -0.324 e. The van der Waals surface area contributed by atoms with Gasteiger partial charge in [0.1, 0.15) is 0 Å². The van der Waals surface area contributed by atoms with Crippen LogP contribution in [-0.4, -0.2) is 23.4 Å². The highest BCUT2D eigenvalue weighted by atomic mass is 35.5. The lowest BCUT2D eigenvalue weighted by Gasteiger charge is -2.08. The van der Waals surface area contributed by atoms with Crippen LogP contribution in [0.4, 0.5) is 11.4 Å². The first-order chi connectivity index (χ1) is 13.3. The van der Waals surface area contributed by atoms with Crippen molar-refractivity contribution in [3.05, 3.63) is 58.1 Å². The molecular weight excluding hydrogens is 403 g/mol. The molecular formula is C19H18Cl2N4O3. The number of hydrogen-bond donors (Lipinski definition) is 3. The number of hydrogen-bond acceptors (Lipinski definition) is 4. The van der Waals surface area contributed by atoms with E-state index >= 15 is 0 Å². The zero-order valence-electron chi connectivity index (χ0n) is 15.2. The first kappa shape index (κ1) is 21.4. The van der Waals surface area contributed by atoms with Crippen molar-refractivity contribution in [1.82, 2.24) is 5.43 Å². The van der Waals surface area contributed by atoms with E-state index < -0.39 is 11.8 Å². The lowest BCUT2D eigenvalue weighted by molar-refractivity contribution is -0.136. The number of nitrogens with one attached hydrogen (secondary N) is 3. The van der Waals surface area contributed by atoms with Crippen molar-refractivity contribution < 1.29 is 14.4 Å². The van der Waals surface area contributed by atoms with Gasteiger partial charge in [-0.25, -0.2) is 5.43 Å². The molecule has 3 N–H and O–H groups in total. The summed E-state index contributed by atoms with van der Waals surface area (Å²) in [5, 5.41) is 9.63. The van der Waals surface area contributed by atoms with Crippen LogP contribution in [-0.2, 0) is 14.4 Å². The van der Waals surface area contributed by atoms with E-state index in [9.17, 15) is 14.4 Å². The SMILES string of the molecule is C/C(CC(=O)Nc1ccc(Cl)cc1Cl)=N\NC(=O)C(=O)Nc1ccccc1C. The van der Waals surface area contributed by atoms with Gasteiger partial charge in [-0.3, -0.25) is 14.4 Å². The second-order valence-corrected chi connectivity index (χ2v) is 6.75. The van der Waals surface area contributed by atoms with Crippen LogP contribution in [0.5, 0.6) is 0 Å². The molecule has 0 bridgehead atoms. The number of para-hydroxylation sites is 1. The van der Waals surface area contributed by atoms with Crippen molar-refractivity contribution in [2.45, 2.75) is 20.3 Å². The van der Waals surface area contributed by atoms with Gasteiger partial charge >= 0.3 is 11.8 Å². The molecule has 9 heteroatoms. The second-order valence-electron chi connectivity index (χ2n) is 5.91. The molecule has 0 aromatic heterocycles. The molecule has 0 heterocycles. The number of anilines is 2. The highest BCUT2D eigenvalue weighted by Gasteiger charge is 2.14. The Balaban J connectivity index is 1.87. The van der Waals surface area contributed by atoms with Crippen LogP contribution in [0.1, 0.15) is 18.9 Å². The molecule has 0 saturated heterocycles. The number of amides is 3. The van der Waals surface area contributed by atoms with Gasteiger partial charge in [0, 0.05) is 16.4 Å². The van der Waals surface area contributed by atoms with Crippen molar-refractivity contribution in [3.63, 3.8) is 0 Å². The zero-order valence-corrected chi connectivity index (χ0v) is 16.7. The van der Waals surface area contributed by atoms with Crippen LogP contribution >= 0.6 is 23.2 Å². The predicted octanol–water partition coefficient (Wildman–Crippen LogP) is 3.76. The van der Waals surface area contributed by atoms with E-state index in [1.807, 2.05) is 6.07 Å². The van der Waals surface area contributed by atoms with Crippen molar-refractivity contribution in [2.24, 2.45) is 5.10 Å². The van der Waals surface area contributed by atoms with E-state index in [-0.39, 0.29) is 12.3 Å². The number of hydrazone groups is 1. The summed E-state index contributed by atoms with van der Waals surface area (Å²) in [7, 11) is 0. The Morgan fingerprint density at radius 1 is 0.964 bits per heavy atom. The Labute approximate surface area is 172 Å². The maximum Gasteiger partial charge on any atom is 0.329 e. The van der Waals surface area contributed by atoms with Crippen LogP contribution < -0.4 is 16.1 Å². The van der Waals surface area contributed by atoms with E-state index in [0.717, 1.165) is 5.56 Å². The van der Waals surface area contributed by atoms with Crippen LogP contribution in [0.3, 0.4) is 0 Å². The third-order valence-corrected chi connectivity index (χ3v) is 4.12. The normalized spacial score (nSPS) is 10.9. The lowest BCUT2D eigenvalue weighted by Crippen LogP contribution is -2.33. The van der Waals surface area contributed by atoms with Gasteiger partial charge in [0.2, 0.25) is 5.91 Å². The number of halogens is 2. The van der Waals surface area contributed by atoms with Crippen molar-refractivity contribution in [3.8, 4) is 0 Å². The molecule has 3 amide bonds. The number of nitrogens with zero attached hydrogens (tertiary/aromatic N) is 1. The fraction of sp³-hybridized carbons (Fsp3) is 0.158.